The smallest absolute Gasteiger partial charge is 0.222 e. The summed E-state index contributed by atoms with van der Waals surface area (Å²) >= 11 is 0. The second-order valence-electron chi connectivity index (χ2n) is 4.70. The summed E-state index contributed by atoms with van der Waals surface area (Å²) in [5.74, 6) is 0.844. The number of hydrogen-bond acceptors (Lipinski definition) is 2. The van der Waals surface area contributed by atoms with Crippen molar-refractivity contribution in [3.8, 4) is 0 Å². The molecule has 3 unspecified atom stereocenters. The molecule has 3 heteroatoms. The van der Waals surface area contributed by atoms with Crippen LogP contribution in [0.25, 0.3) is 0 Å². The van der Waals surface area contributed by atoms with Crippen molar-refractivity contribution in [2.75, 3.05) is 6.54 Å². The first-order valence-corrected chi connectivity index (χ1v) is 5.66. The first kappa shape index (κ1) is 9.97. The van der Waals surface area contributed by atoms with Crippen molar-refractivity contribution in [1.82, 2.24) is 4.90 Å². The van der Waals surface area contributed by atoms with E-state index in [0.717, 1.165) is 32.2 Å². The zero-order valence-corrected chi connectivity index (χ0v) is 8.78. The molecule has 1 amide bonds. The lowest BCUT2D eigenvalue weighted by Crippen LogP contribution is -2.45. The van der Waals surface area contributed by atoms with Gasteiger partial charge in [-0.1, -0.05) is 6.92 Å². The van der Waals surface area contributed by atoms with Crippen LogP contribution in [0.3, 0.4) is 0 Å². The molecule has 2 aliphatic rings. The van der Waals surface area contributed by atoms with E-state index in [2.05, 4.69) is 6.92 Å². The van der Waals surface area contributed by atoms with Gasteiger partial charge >= 0.3 is 0 Å². The minimum absolute atomic E-state index is 0.190. The molecular weight excluding hydrogens is 178 g/mol. The highest BCUT2D eigenvalue weighted by atomic mass is 16.3. The second-order valence-corrected chi connectivity index (χ2v) is 4.70. The molecule has 2 rings (SSSR count). The number of likely N-dealkylation sites (tertiary alicyclic amines) is 1. The van der Waals surface area contributed by atoms with Gasteiger partial charge in [0, 0.05) is 19.0 Å². The van der Waals surface area contributed by atoms with Crippen molar-refractivity contribution >= 4 is 5.91 Å². The summed E-state index contributed by atoms with van der Waals surface area (Å²) in [6.07, 6.45) is 4.25. The predicted octanol–water partition coefficient (Wildman–Crippen LogP) is 1.16. The predicted molar refractivity (Wildman–Crippen MR) is 53.8 cm³/mol. The van der Waals surface area contributed by atoms with Crippen LogP contribution in [0.15, 0.2) is 0 Å². The van der Waals surface area contributed by atoms with Crippen LogP contribution in [0.5, 0.6) is 0 Å². The maximum Gasteiger partial charge on any atom is 0.222 e. The Balaban J connectivity index is 2.03. The lowest BCUT2D eigenvalue weighted by atomic mass is 9.83. The fourth-order valence-electron chi connectivity index (χ4n) is 2.73. The van der Waals surface area contributed by atoms with Crippen molar-refractivity contribution in [2.24, 2.45) is 5.92 Å². The second kappa shape index (κ2) is 3.89. The van der Waals surface area contributed by atoms with E-state index in [9.17, 15) is 9.90 Å². The van der Waals surface area contributed by atoms with E-state index in [1.165, 1.54) is 0 Å². The van der Waals surface area contributed by atoms with Crippen molar-refractivity contribution in [1.29, 1.82) is 0 Å². The van der Waals surface area contributed by atoms with Gasteiger partial charge in [-0.3, -0.25) is 4.79 Å². The molecule has 2 fully saturated rings. The van der Waals surface area contributed by atoms with E-state index in [1.54, 1.807) is 0 Å². The van der Waals surface area contributed by atoms with Crippen molar-refractivity contribution in [3.05, 3.63) is 0 Å². The van der Waals surface area contributed by atoms with Gasteiger partial charge in [-0.15, -0.1) is 0 Å². The highest BCUT2D eigenvalue weighted by molar-refractivity contribution is 5.78. The number of aliphatic hydroxyl groups is 1. The molecule has 0 aromatic carbocycles. The largest absolute Gasteiger partial charge is 0.393 e. The molecule has 1 N–H and O–H groups in total. The summed E-state index contributed by atoms with van der Waals surface area (Å²) < 4.78 is 0. The minimum atomic E-state index is -0.190. The summed E-state index contributed by atoms with van der Waals surface area (Å²) in [6, 6.07) is 0.300. The minimum Gasteiger partial charge on any atom is -0.393 e. The van der Waals surface area contributed by atoms with Crippen LogP contribution < -0.4 is 0 Å². The van der Waals surface area contributed by atoms with E-state index in [1.807, 2.05) is 4.90 Å². The summed E-state index contributed by atoms with van der Waals surface area (Å²) in [4.78, 5) is 13.6. The van der Waals surface area contributed by atoms with Gasteiger partial charge in [0.25, 0.3) is 0 Å². The van der Waals surface area contributed by atoms with E-state index < -0.39 is 0 Å². The molecule has 1 aliphatic carbocycles. The standard InChI is InChI=1S/C11H19NO2/c1-8-4-5-9(13)7-10(8)12-6-2-3-11(12)14/h8-10,13H,2-7H2,1H3. The van der Waals surface area contributed by atoms with Crippen molar-refractivity contribution < 1.29 is 9.90 Å². The number of aliphatic hydroxyl groups excluding tert-OH is 1. The van der Waals surface area contributed by atoms with Gasteiger partial charge in [0.15, 0.2) is 0 Å². The van der Waals surface area contributed by atoms with Crippen LogP contribution >= 0.6 is 0 Å². The Morgan fingerprint density at radius 3 is 2.86 bits per heavy atom. The molecule has 0 spiro atoms. The normalized spacial score (nSPS) is 39.1. The Bertz CT molecular complexity index is 229. The Kier molecular flexibility index (Phi) is 2.77. The average Bonchev–Trinajstić information content (AvgIpc) is 2.56. The van der Waals surface area contributed by atoms with Gasteiger partial charge in [0.1, 0.15) is 0 Å². The van der Waals surface area contributed by atoms with Gasteiger partial charge in [-0.05, 0) is 31.6 Å². The van der Waals surface area contributed by atoms with E-state index in [0.29, 0.717) is 18.4 Å². The van der Waals surface area contributed by atoms with E-state index in [-0.39, 0.29) is 12.0 Å². The highest BCUT2D eigenvalue weighted by Crippen LogP contribution is 2.30. The van der Waals surface area contributed by atoms with Gasteiger partial charge in [0.2, 0.25) is 5.91 Å². The lowest BCUT2D eigenvalue weighted by molar-refractivity contribution is -0.132. The Hall–Kier alpha value is -0.570. The maximum absolute atomic E-state index is 11.6. The molecule has 0 radical (unpaired) electrons. The van der Waals surface area contributed by atoms with Crippen molar-refractivity contribution in [3.63, 3.8) is 0 Å². The number of amides is 1. The van der Waals surface area contributed by atoms with Crippen LogP contribution in [0.1, 0.15) is 39.0 Å². The van der Waals surface area contributed by atoms with Crippen LogP contribution in [-0.2, 0) is 4.79 Å². The third kappa shape index (κ3) is 1.78. The highest BCUT2D eigenvalue weighted by Gasteiger charge is 2.35. The third-order valence-electron chi connectivity index (χ3n) is 3.64. The molecule has 0 bridgehead atoms. The van der Waals surface area contributed by atoms with E-state index >= 15 is 0 Å². The fraction of sp³-hybridized carbons (Fsp3) is 0.909. The monoisotopic (exact) mass is 197 g/mol. The lowest BCUT2D eigenvalue weighted by Gasteiger charge is -2.38. The van der Waals surface area contributed by atoms with Crippen LogP contribution in [0.2, 0.25) is 0 Å². The van der Waals surface area contributed by atoms with Gasteiger partial charge in [-0.25, -0.2) is 0 Å². The molecule has 1 heterocycles. The molecule has 80 valence electrons. The number of nitrogens with zero attached hydrogens (tertiary/aromatic N) is 1. The first-order chi connectivity index (χ1) is 6.68. The molecular formula is C11H19NO2. The zero-order chi connectivity index (χ0) is 10.1. The summed E-state index contributed by atoms with van der Waals surface area (Å²) in [5, 5.41) is 9.61. The number of carbonyl (C=O) groups is 1. The maximum atomic E-state index is 11.6. The Labute approximate surface area is 85.1 Å². The molecule has 1 saturated heterocycles. The quantitative estimate of drug-likeness (QED) is 0.685. The zero-order valence-electron chi connectivity index (χ0n) is 8.78. The third-order valence-corrected chi connectivity index (χ3v) is 3.64. The fourth-order valence-corrected chi connectivity index (χ4v) is 2.73. The summed E-state index contributed by atoms with van der Waals surface area (Å²) in [5.41, 5.74) is 0. The van der Waals surface area contributed by atoms with Crippen LogP contribution in [0, 0.1) is 5.92 Å². The number of rotatable bonds is 1. The molecule has 1 aliphatic heterocycles. The SMILES string of the molecule is CC1CCC(O)CC1N1CCCC1=O. The summed E-state index contributed by atoms with van der Waals surface area (Å²) in [7, 11) is 0. The molecule has 3 atom stereocenters. The van der Waals surface area contributed by atoms with Gasteiger partial charge in [0.05, 0.1) is 6.10 Å². The molecule has 3 nitrogen and oxygen atoms in total. The Morgan fingerprint density at radius 1 is 1.43 bits per heavy atom. The van der Waals surface area contributed by atoms with Crippen molar-refractivity contribution in [2.45, 2.75) is 51.2 Å². The Morgan fingerprint density at radius 2 is 2.21 bits per heavy atom. The van der Waals surface area contributed by atoms with Gasteiger partial charge < -0.3 is 10.0 Å². The van der Waals surface area contributed by atoms with Gasteiger partial charge in [-0.2, -0.15) is 0 Å². The first-order valence-electron chi connectivity index (χ1n) is 5.66. The average molecular weight is 197 g/mol. The van der Waals surface area contributed by atoms with Crippen LogP contribution in [0.4, 0.5) is 0 Å². The molecule has 0 aromatic heterocycles. The molecule has 14 heavy (non-hydrogen) atoms. The molecule has 0 aromatic rings. The number of carbonyl (C=O) groups excluding carboxylic acids is 1. The molecule has 1 saturated carbocycles. The van der Waals surface area contributed by atoms with Crippen LogP contribution in [-0.4, -0.2) is 34.6 Å². The summed E-state index contributed by atoms with van der Waals surface area (Å²) in [6.45, 7) is 3.10. The van der Waals surface area contributed by atoms with E-state index in [4.69, 9.17) is 0 Å². The number of hydrogen-bond donors (Lipinski definition) is 1. The topological polar surface area (TPSA) is 40.5 Å².